The number of aryl methyl sites for hydroxylation is 1. The third-order valence-corrected chi connectivity index (χ3v) is 7.71. The summed E-state index contributed by atoms with van der Waals surface area (Å²) in [4.78, 5) is 12.5. The molecule has 0 saturated carbocycles. The van der Waals surface area contributed by atoms with Crippen LogP contribution in [-0.4, -0.2) is 28.1 Å². The van der Waals surface area contributed by atoms with Gasteiger partial charge in [0.25, 0.3) is 0 Å². The Bertz CT molecular complexity index is 1840. The molecule has 0 fully saturated rings. The molecule has 0 bridgehead atoms. The first-order valence-corrected chi connectivity index (χ1v) is 14.4. The summed E-state index contributed by atoms with van der Waals surface area (Å²) in [6, 6.07) is 31.5. The highest BCUT2D eigenvalue weighted by atomic mass is 35.5. The molecule has 0 unspecified atom stereocenters. The van der Waals surface area contributed by atoms with E-state index in [1.54, 1.807) is 6.07 Å². The molecule has 208 valence electrons. The highest BCUT2D eigenvalue weighted by Crippen LogP contribution is 2.48. The second-order valence-electron chi connectivity index (χ2n) is 10.0. The van der Waals surface area contributed by atoms with Gasteiger partial charge in [0, 0.05) is 21.3 Å². The van der Waals surface area contributed by atoms with Crippen LogP contribution in [0, 0.1) is 6.92 Å². The lowest BCUT2D eigenvalue weighted by Gasteiger charge is -2.40. The minimum absolute atomic E-state index is 0.239. The van der Waals surface area contributed by atoms with Gasteiger partial charge in [0.15, 0.2) is 17.5 Å². The number of fused-ring (bicyclic) bond motifs is 4. The number of halogens is 2. The molecule has 0 aliphatic carbocycles. The van der Waals surface area contributed by atoms with Crippen molar-refractivity contribution < 1.29 is 4.74 Å². The summed E-state index contributed by atoms with van der Waals surface area (Å²) < 4.78 is 7.67. The second-order valence-corrected chi connectivity index (χ2v) is 10.9. The first-order chi connectivity index (χ1) is 20.5. The van der Waals surface area contributed by atoms with Crippen molar-refractivity contribution in [2.75, 3.05) is 16.8 Å². The maximum atomic E-state index is 6.36. The number of para-hydroxylation sites is 3. The minimum Gasteiger partial charge on any atom is -0.494 e. The Morgan fingerprint density at radius 3 is 2.31 bits per heavy atom. The third kappa shape index (κ3) is 4.61. The van der Waals surface area contributed by atoms with E-state index in [2.05, 4.69) is 28.4 Å². The lowest BCUT2D eigenvalue weighted by Crippen LogP contribution is -2.46. The van der Waals surface area contributed by atoms with Crippen molar-refractivity contribution >= 4 is 57.8 Å². The van der Waals surface area contributed by atoms with Crippen molar-refractivity contribution in [2.24, 2.45) is 9.98 Å². The van der Waals surface area contributed by atoms with E-state index in [1.165, 1.54) is 0 Å². The Hall–Kier alpha value is -4.59. The van der Waals surface area contributed by atoms with E-state index in [4.69, 9.17) is 43.0 Å². The zero-order valence-electron chi connectivity index (χ0n) is 22.9. The summed E-state index contributed by atoms with van der Waals surface area (Å²) in [7, 11) is 0. The zero-order valence-corrected chi connectivity index (χ0v) is 24.4. The van der Waals surface area contributed by atoms with E-state index < -0.39 is 0 Å². The number of hydrogen-bond acceptors (Lipinski definition) is 6. The number of ether oxygens (including phenoxy) is 1. The lowest BCUT2D eigenvalue weighted by molar-refractivity contribution is 0.340. The monoisotopic (exact) mass is 592 g/mol. The first kappa shape index (κ1) is 26.3. The van der Waals surface area contributed by atoms with Crippen LogP contribution in [0.2, 0.25) is 10.0 Å². The number of aromatic nitrogens is 2. The number of aliphatic imine (C=N–C) groups is 2. The fourth-order valence-corrected chi connectivity index (χ4v) is 6.06. The van der Waals surface area contributed by atoms with Gasteiger partial charge in [0.1, 0.15) is 5.75 Å². The zero-order chi connectivity index (χ0) is 28.8. The topological polar surface area (TPSA) is 67.0 Å². The van der Waals surface area contributed by atoms with Crippen LogP contribution in [-0.2, 0) is 0 Å². The molecule has 7 rings (SSSR count). The molecule has 4 aromatic carbocycles. The van der Waals surface area contributed by atoms with Crippen LogP contribution in [0.25, 0.3) is 5.69 Å². The highest BCUT2D eigenvalue weighted by molar-refractivity contribution is 6.52. The maximum Gasteiger partial charge on any atom is 0.179 e. The van der Waals surface area contributed by atoms with Crippen LogP contribution in [0.5, 0.6) is 5.75 Å². The van der Waals surface area contributed by atoms with Crippen LogP contribution in [0.1, 0.15) is 29.8 Å². The molecule has 0 amide bonds. The van der Waals surface area contributed by atoms with Crippen molar-refractivity contribution in [1.29, 1.82) is 0 Å². The SMILES string of the molecule is CCOc1ccc([C@@H]2c3c(C)nn(-c4ccccc4)c3N=C3C(Nc4cc(Cl)cc(Cl)c4)=Nc4ccccc4N32)cc1. The molecular formula is C33H26Cl2N6O. The standard InChI is InChI=1S/C33H26Cl2N6O/c1-3-42-26-15-13-21(14-16-26)30-29-20(2)39-41(25-9-5-4-6-10-25)32(29)38-33-31(36-24-18-22(34)17-23(35)19-24)37-27-11-7-8-12-28(27)40(30)33/h4-19,30H,3H2,1-2H3,(H,36,37)/t30-/m1/s1. The second kappa shape index (κ2) is 10.7. The Morgan fingerprint density at radius 1 is 0.857 bits per heavy atom. The van der Waals surface area contributed by atoms with E-state index in [0.29, 0.717) is 34.0 Å². The molecule has 1 atom stereocenters. The summed E-state index contributed by atoms with van der Waals surface area (Å²) in [5.74, 6) is 2.81. The number of anilines is 2. The number of nitrogens with one attached hydrogen (secondary N) is 1. The number of amidine groups is 2. The fraction of sp³-hybridized carbons (Fsp3) is 0.121. The van der Waals surface area contributed by atoms with Gasteiger partial charge in [0.2, 0.25) is 0 Å². The summed E-state index contributed by atoms with van der Waals surface area (Å²) in [6.45, 7) is 4.62. The van der Waals surface area contributed by atoms with Gasteiger partial charge in [-0.25, -0.2) is 14.7 Å². The van der Waals surface area contributed by atoms with E-state index in [0.717, 1.165) is 45.5 Å². The summed E-state index contributed by atoms with van der Waals surface area (Å²) in [6.07, 6.45) is 0. The molecular weight excluding hydrogens is 567 g/mol. The predicted octanol–water partition coefficient (Wildman–Crippen LogP) is 8.68. The summed E-state index contributed by atoms with van der Waals surface area (Å²) >= 11 is 12.7. The average molecular weight is 594 g/mol. The quantitative estimate of drug-likeness (QED) is 0.221. The van der Waals surface area contributed by atoms with E-state index >= 15 is 0 Å². The van der Waals surface area contributed by atoms with Gasteiger partial charge in [0.05, 0.1) is 35.4 Å². The largest absolute Gasteiger partial charge is 0.494 e. The molecule has 5 aromatic rings. The number of benzene rings is 4. The molecule has 2 aliphatic heterocycles. The summed E-state index contributed by atoms with van der Waals surface area (Å²) in [5, 5.41) is 9.50. The van der Waals surface area contributed by atoms with Crippen LogP contribution in [0.15, 0.2) is 107 Å². The lowest BCUT2D eigenvalue weighted by atomic mass is 9.93. The first-order valence-electron chi connectivity index (χ1n) is 13.7. The van der Waals surface area contributed by atoms with Crippen LogP contribution >= 0.6 is 23.2 Å². The average Bonchev–Trinajstić information content (AvgIpc) is 3.32. The Morgan fingerprint density at radius 2 is 1.57 bits per heavy atom. The molecule has 0 saturated heterocycles. The highest BCUT2D eigenvalue weighted by Gasteiger charge is 2.41. The molecule has 42 heavy (non-hydrogen) atoms. The van der Waals surface area contributed by atoms with Crippen molar-refractivity contribution in [3.05, 3.63) is 124 Å². The van der Waals surface area contributed by atoms with Crippen LogP contribution in [0.4, 0.5) is 22.9 Å². The molecule has 3 heterocycles. The van der Waals surface area contributed by atoms with Gasteiger partial charge in [-0.15, -0.1) is 0 Å². The maximum absolute atomic E-state index is 6.36. The van der Waals surface area contributed by atoms with Crippen LogP contribution < -0.4 is 15.0 Å². The Kier molecular flexibility index (Phi) is 6.69. The molecule has 0 spiro atoms. The van der Waals surface area contributed by atoms with Gasteiger partial charge < -0.3 is 15.0 Å². The molecule has 0 radical (unpaired) electrons. The predicted molar refractivity (Wildman–Crippen MR) is 171 cm³/mol. The molecule has 9 heteroatoms. The van der Waals surface area contributed by atoms with Crippen molar-refractivity contribution in [3.8, 4) is 11.4 Å². The van der Waals surface area contributed by atoms with Gasteiger partial charge in [-0.05, 0) is 74.0 Å². The molecule has 1 N–H and O–H groups in total. The molecule has 7 nitrogen and oxygen atoms in total. The van der Waals surface area contributed by atoms with Crippen LogP contribution in [0.3, 0.4) is 0 Å². The summed E-state index contributed by atoms with van der Waals surface area (Å²) in [5.41, 5.74) is 6.39. The Labute approximate surface area is 253 Å². The Balaban J connectivity index is 1.47. The van der Waals surface area contributed by atoms with Gasteiger partial charge >= 0.3 is 0 Å². The number of nitrogens with zero attached hydrogens (tertiary/aromatic N) is 5. The van der Waals surface area contributed by atoms with E-state index in [1.807, 2.05) is 91.3 Å². The normalized spacial score (nSPS) is 15.2. The van der Waals surface area contributed by atoms with E-state index in [9.17, 15) is 0 Å². The fourth-order valence-electron chi connectivity index (χ4n) is 5.54. The molecule has 1 aromatic heterocycles. The smallest absolute Gasteiger partial charge is 0.179 e. The van der Waals surface area contributed by atoms with Crippen molar-refractivity contribution in [3.63, 3.8) is 0 Å². The molecule has 2 aliphatic rings. The van der Waals surface area contributed by atoms with E-state index in [-0.39, 0.29) is 6.04 Å². The van der Waals surface area contributed by atoms with Gasteiger partial charge in [-0.2, -0.15) is 5.10 Å². The van der Waals surface area contributed by atoms with Crippen molar-refractivity contribution in [2.45, 2.75) is 19.9 Å². The van der Waals surface area contributed by atoms with Gasteiger partial charge in [-0.1, -0.05) is 65.7 Å². The minimum atomic E-state index is -0.239. The number of rotatable bonds is 5. The number of hydrogen-bond donors (Lipinski definition) is 1. The van der Waals surface area contributed by atoms with Crippen molar-refractivity contribution in [1.82, 2.24) is 9.78 Å². The third-order valence-electron chi connectivity index (χ3n) is 7.27. The van der Waals surface area contributed by atoms with Gasteiger partial charge in [-0.3, -0.25) is 0 Å².